The van der Waals surface area contributed by atoms with Crippen LogP contribution in [0.3, 0.4) is 0 Å². The van der Waals surface area contributed by atoms with Gasteiger partial charge in [0.15, 0.2) is 0 Å². The number of hydrogen-bond acceptors (Lipinski definition) is 1. The SMILES string of the molecule is CC(=O)O.O.[NaH]. The molecule has 3 N–H and O–H groups in total. The van der Waals surface area contributed by atoms with Crippen molar-refractivity contribution in [2.45, 2.75) is 6.92 Å². The Bertz CT molecular complexity index is 31.8. The van der Waals surface area contributed by atoms with Gasteiger partial charge in [0, 0.05) is 6.92 Å². The molecule has 0 aromatic carbocycles. The Labute approximate surface area is 58.0 Å². The predicted octanol–water partition coefficient (Wildman–Crippen LogP) is -1.38. The number of rotatable bonds is 0. The average Bonchev–Trinajstić information content (AvgIpc) is 0.811. The Morgan fingerprint density at radius 1 is 1.67 bits per heavy atom. The summed E-state index contributed by atoms with van der Waals surface area (Å²) in [4.78, 5) is 9.00. The number of carboxylic acids is 1. The average molecular weight is 102 g/mol. The molecule has 0 fully saturated rings. The third kappa shape index (κ3) is 282. The topological polar surface area (TPSA) is 68.8 Å². The van der Waals surface area contributed by atoms with Gasteiger partial charge in [-0.15, -0.1) is 0 Å². The third-order valence-corrected chi connectivity index (χ3v) is 0. The maximum atomic E-state index is 9.00. The Hall–Kier alpha value is 0.430. The summed E-state index contributed by atoms with van der Waals surface area (Å²) in [6.45, 7) is 1.08. The molecule has 0 heterocycles. The molecule has 0 saturated heterocycles. The quantitative estimate of drug-likeness (QED) is 0.383. The van der Waals surface area contributed by atoms with Gasteiger partial charge in [-0.3, -0.25) is 4.79 Å². The zero-order valence-corrected chi connectivity index (χ0v) is 2.86. The standard InChI is InChI=1S/C2H4O2.Na.H2O.H/c1-2(3)4;;;/h1H3,(H,3,4);;1H2;. The van der Waals surface area contributed by atoms with Crippen LogP contribution in [0.25, 0.3) is 0 Å². The summed E-state index contributed by atoms with van der Waals surface area (Å²) in [6, 6.07) is 0. The summed E-state index contributed by atoms with van der Waals surface area (Å²) in [5.74, 6) is -0.833. The van der Waals surface area contributed by atoms with Crippen molar-refractivity contribution in [3.63, 3.8) is 0 Å². The molecule has 4 heteroatoms. The molecular formula is C2H7NaO3. The van der Waals surface area contributed by atoms with E-state index in [1.165, 1.54) is 0 Å². The molecule has 0 aliphatic rings. The molecule has 0 unspecified atom stereocenters. The second kappa shape index (κ2) is 9.06. The fourth-order valence-electron chi connectivity index (χ4n) is 0. The number of carboxylic acid groups (broad SMARTS) is 1. The fraction of sp³-hybridized carbons (Fsp3) is 0.500. The van der Waals surface area contributed by atoms with Crippen LogP contribution in [0, 0.1) is 0 Å². The molecule has 0 rings (SSSR count). The maximum absolute atomic E-state index is 9.00. The summed E-state index contributed by atoms with van der Waals surface area (Å²) >= 11 is 0. The van der Waals surface area contributed by atoms with Crippen molar-refractivity contribution >= 4 is 35.5 Å². The first kappa shape index (κ1) is 16.1. The molecule has 0 aromatic heterocycles. The minimum atomic E-state index is -0.833. The van der Waals surface area contributed by atoms with Crippen LogP contribution in [-0.4, -0.2) is 46.1 Å². The second-order valence-electron chi connectivity index (χ2n) is 0.519. The van der Waals surface area contributed by atoms with Crippen LogP contribution in [-0.2, 0) is 4.79 Å². The van der Waals surface area contributed by atoms with Gasteiger partial charge in [-0.1, -0.05) is 0 Å². The van der Waals surface area contributed by atoms with E-state index in [-0.39, 0.29) is 35.0 Å². The van der Waals surface area contributed by atoms with Gasteiger partial charge in [0.25, 0.3) is 5.97 Å². The Balaban J connectivity index is -0.0000000450. The van der Waals surface area contributed by atoms with Gasteiger partial charge >= 0.3 is 29.6 Å². The van der Waals surface area contributed by atoms with Crippen molar-refractivity contribution in [2.24, 2.45) is 0 Å². The molecule has 0 spiro atoms. The van der Waals surface area contributed by atoms with Crippen LogP contribution in [0.2, 0.25) is 0 Å². The number of aliphatic carboxylic acids is 1. The van der Waals surface area contributed by atoms with Crippen molar-refractivity contribution in [3.8, 4) is 0 Å². The molecule has 0 aliphatic carbocycles. The summed E-state index contributed by atoms with van der Waals surface area (Å²) in [7, 11) is 0. The van der Waals surface area contributed by atoms with Crippen molar-refractivity contribution in [2.75, 3.05) is 0 Å². The van der Waals surface area contributed by atoms with Gasteiger partial charge in [0.1, 0.15) is 0 Å². The van der Waals surface area contributed by atoms with Crippen molar-refractivity contribution < 1.29 is 15.4 Å². The van der Waals surface area contributed by atoms with Crippen LogP contribution in [0.4, 0.5) is 0 Å². The van der Waals surface area contributed by atoms with E-state index in [9.17, 15) is 0 Å². The van der Waals surface area contributed by atoms with Crippen molar-refractivity contribution in [3.05, 3.63) is 0 Å². The van der Waals surface area contributed by atoms with Crippen LogP contribution in [0.15, 0.2) is 0 Å². The van der Waals surface area contributed by atoms with Gasteiger partial charge in [-0.05, 0) is 0 Å². The molecule has 0 aliphatic heterocycles. The summed E-state index contributed by atoms with van der Waals surface area (Å²) in [5, 5.41) is 7.42. The van der Waals surface area contributed by atoms with Gasteiger partial charge in [0.2, 0.25) is 0 Å². The van der Waals surface area contributed by atoms with Gasteiger partial charge in [0.05, 0.1) is 0 Å². The zero-order chi connectivity index (χ0) is 3.58. The van der Waals surface area contributed by atoms with Crippen molar-refractivity contribution in [1.29, 1.82) is 0 Å². The van der Waals surface area contributed by atoms with E-state index in [2.05, 4.69) is 0 Å². The monoisotopic (exact) mass is 102 g/mol. The molecule has 0 aromatic rings. The predicted molar refractivity (Wildman–Crippen MR) is 24.1 cm³/mol. The molecule has 0 amide bonds. The first-order valence-electron chi connectivity index (χ1n) is 0.928. The Kier molecular flexibility index (Phi) is 24.3. The molecule has 3 nitrogen and oxygen atoms in total. The summed E-state index contributed by atoms with van der Waals surface area (Å²) < 4.78 is 0. The molecule has 0 atom stereocenters. The zero-order valence-electron chi connectivity index (χ0n) is 2.86. The van der Waals surface area contributed by atoms with Gasteiger partial charge in [-0.2, -0.15) is 0 Å². The van der Waals surface area contributed by atoms with E-state index in [0.717, 1.165) is 6.92 Å². The molecular weight excluding hydrogens is 95.0 g/mol. The summed E-state index contributed by atoms with van der Waals surface area (Å²) in [6.07, 6.45) is 0. The first-order valence-corrected chi connectivity index (χ1v) is 0.928. The van der Waals surface area contributed by atoms with Crippen LogP contribution in [0.1, 0.15) is 6.92 Å². The third-order valence-electron chi connectivity index (χ3n) is 0. The van der Waals surface area contributed by atoms with Crippen molar-refractivity contribution in [1.82, 2.24) is 0 Å². The van der Waals surface area contributed by atoms with E-state index in [1.807, 2.05) is 0 Å². The Morgan fingerprint density at radius 3 is 1.67 bits per heavy atom. The van der Waals surface area contributed by atoms with E-state index >= 15 is 0 Å². The molecule has 0 bridgehead atoms. The van der Waals surface area contributed by atoms with Crippen LogP contribution >= 0.6 is 0 Å². The molecule has 6 heavy (non-hydrogen) atoms. The number of hydrogen-bond donors (Lipinski definition) is 1. The van der Waals surface area contributed by atoms with Gasteiger partial charge in [-0.25, -0.2) is 0 Å². The van der Waals surface area contributed by atoms with E-state index < -0.39 is 5.97 Å². The minimum absolute atomic E-state index is 0. The number of carbonyl (C=O) groups is 1. The van der Waals surface area contributed by atoms with E-state index in [0.29, 0.717) is 0 Å². The van der Waals surface area contributed by atoms with E-state index in [4.69, 9.17) is 9.90 Å². The van der Waals surface area contributed by atoms with Crippen LogP contribution < -0.4 is 0 Å². The van der Waals surface area contributed by atoms with Gasteiger partial charge < -0.3 is 10.6 Å². The Morgan fingerprint density at radius 2 is 1.67 bits per heavy atom. The van der Waals surface area contributed by atoms with E-state index in [1.54, 1.807) is 0 Å². The summed E-state index contributed by atoms with van der Waals surface area (Å²) in [5.41, 5.74) is 0. The second-order valence-corrected chi connectivity index (χ2v) is 0.519. The first-order chi connectivity index (χ1) is 1.73. The molecule has 0 saturated carbocycles. The molecule has 0 radical (unpaired) electrons. The van der Waals surface area contributed by atoms with Crippen LogP contribution in [0.5, 0.6) is 0 Å². The molecule has 34 valence electrons. The fourth-order valence-corrected chi connectivity index (χ4v) is 0. The normalized spacial score (nSPS) is 4.17.